The molecule has 0 aromatic carbocycles. The molecular weight excluding hydrogens is 1490 g/mol. The van der Waals surface area contributed by atoms with Crippen molar-refractivity contribution in [3.63, 3.8) is 0 Å². The fraction of sp³-hybridized carbons (Fsp3) is 0.907. The Kier molecular flexibility index (Phi) is 69.2. The van der Waals surface area contributed by atoms with Crippen LogP contribution in [0.4, 0.5) is 0 Å². The average Bonchev–Trinajstić information content (AvgIpc) is 0.707. The maximum atomic E-state index is 10.0. The van der Waals surface area contributed by atoms with Gasteiger partial charge in [0.05, 0.1) is 39.6 Å². The first-order valence-corrected chi connectivity index (χ1v) is 53.2. The summed E-state index contributed by atoms with van der Waals surface area (Å²) in [6.45, 7) is 16.6. The van der Waals surface area contributed by atoms with Gasteiger partial charge in [-0.1, -0.05) is 429 Å². The lowest BCUT2D eigenvalue weighted by atomic mass is 9.38. The highest BCUT2D eigenvalue weighted by Gasteiger charge is 2.64. The highest BCUT2D eigenvalue weighted by molar-refractivity contribution is 5.29. The molecule has 12 heteroatoms. The third-order valence-electron chi connectivity index (χ3n) is 31.1. The van der Waals surface area contributed by atoms with Gasteiger partial charge in [0.1, 0.15) is 0 Å². The van der Waals surface area contributed by atoms with E-state index >= 15 is 0 Å². The highest BCUT2D eigenvalue weighted by atomic mass is 17.1. The summed E-state index contributed by atoms with van der Waals surface area (Å²) in [7, 11) is 0. The van der Waals surface area contributed by atoms with Crippen LogP contribution in [0.15, 0.2) is 60.3 Å². The molecule has 0 radical (unpaired) electrons. The maximum absolute atomic E-state index is 10.0. The lowest BCUT2D eigenvalue weighted by Gasteiger charge is -2.65. The molecule has 14 atom stereocenters. The molecule has 0 amide bonds. The lowest BCUT2D eigenvalue weighted by Crippen LogP contribution is -2.61. The minimum absolute atomic E-state index is 0.0179. The number of rotatable bonds is 67. The quantitative estimate of drug-likeness (QED) is 0.0147. The fourth-order valence-corrected chi connectivity index (χ4v) is 24.4. The number of unbranched alkanes of at least 4 members (excludes halogenated alkanes) is 37. The van der Waals surface area contributed by atoms with Crippen LogP contribution in [0.5, 0.6) is 0 Å². The Labute approximate surface area is 741 Å². The van der Waals surface area contributed by atoms with Gasteiger partial charge in [0.25, 0.3) is 0 Å². The third kappa shape index (κ3) is 42.6. The zero-order valence-corrected chi connectivity index (χ0v) is 79.8. The predicted molar refractivity (Wildman–Crippen MR) is 508 cm³/mol. The molecule has 6 N–H and O–H groups in total. The summed E-state index contributed by atoms with van der Waals surface area (Å²) in [4.78, 5) is 27.9. The summed E-state index contributed by atoms with van der Waals surface area (Å²) in [5.41, 5.74) is 1.97. The second-order valence-electron chi connectivity index (χ2n) is 39.6. The normalized spacial score (nSPS) is 26.4. The summed E-state index contributed by atoms with van der Waals surface area (Å²) in [5.74, 6) is 5.94. The van der Waals surface area contributed by atoms with Crippen LogP contribution in [0.25, 0.3) is 0 Å². The van der Waals surface area contributed by atoms with Crippen LogP contribution in [-0.4, -0.2) is 71.2 Å². The van der Waals surface area contributed by atoms with Gasteiger partial charge in [-0.15, -0.1) is 0 Å². The number of hydrogen-bond donors (Lipinski definition) is 6. The zero-order chi connectivity index (χ0) is 86.2. The van der Waals surface area contributed by atoms with Crippen LogP contribution >= 0.6 is 0 Å². The van der Waals surface area contributed by atoms with E-state index in [1.54, 1.807) is 5.57 Å². The molecule has 0 saturated heterocycles. The van der Waals surface area contributed by atoms with Gasteiger partial charge in [-0.3, -0.25) is 31.5 Å². The SMILES string of the molecule is CCCCCC1C=CC2C(C=CC3(CCCCCCC3COO)C23CCCCCCC3COO)C1CCCCC.CCCCCC=CC1C(CCCCC)C=CC(CCCCCCCCCOO)C12CCCCCCCC2COO.CCCCCCCC/C=C(/CCCCCCCCOO)C(CCCCCCCCC)CCCCCCCCOO. The number of hydrogen-bond acceptors (Lipinski definition) is 12. The molecule has 0 bridgehead atoms. The summed E-state index contributed by atoms with van der Waals surface area (Å²) in [5, 5.41) is 55.2. The maximum Gasteiger partial charge on any atom is 0.0856 e. The van der Waals surface area contributed by atoms with Gasteiger partial charge in [-0.05, 0) is 216 Å². The van der Waals surface area contributed by atoms with Crippen molar-refractivity contribution in [2.75, 3.05) is 39.6 Å². The van der Waals surface area contributed by atoms with Crippen LogP contribution in [0.3, 0.4) is 0 Å². The first-order chi connectivity index (χ1) is 59.2. The Morgan fingerprint density at radius 2 is 0.758 bits per heavy atom. The molecule has 6 aliphatic rings. The molecule has 3 saturated carbocycles. The molecule has 3 spiro atoms. The molecule has 14 unspecified atom stereocenters. The predicted octanol–water partition coefficient (Wildman–Crippen LogP) is 35.1. The molecular formula is C108H200O12. The second-order valence-corrected chi connectivity index (χ2v) is 39.6. The molecule has 0 aromatic heterocycles. The van der Waals surface area contributed by atoms with Gasteiger partial charge in [0.2, 0.25) is 0 Å². The van der Waals surface area contributed by atoms with E-state index < -0.39 is 0 Å². The molecule has 0 aliphatic heterocycles. The van der Waals surface area contributed by atoms with Crippen molar-refractivity contribution in [2.24, 2.45) is 81.3 Å². The topological polar surface area (TPSA) is 177 Å². The van der Waals surface area contributed by atoms with Crippen molar-refractivity contribution in [2.45, 2.75) is 504 Å². The first-order valence-electron chi connectivity index (χ1n) is 53.2. The Morgan fingerprint density at radius 3 is 1.32 bits per heavy atom. The Morgan fingerprint density at radius 1 is 0.350 bits per heavy atom. The van der Waals surface area contributed by atoms with Gasteiger partial charge in [0, 0.05) is 0 Å². The van der Waals surface area contributed by atoms with Crippen LogP contribution < -0.4 is 0 Å². The highest BCUT2D eigenvalue weighted by Crippen LogP contribution is 2.69. The van der Waals surface area contributed by atoms with E-state index in [2.05, 4.69) is 111 Å². The second kappa shape index (κ2) is 75.1. The van der Waals surface area contributed by atoms with E-state index in [9.17, 15) is 15.8 Å². The van der Waals surface area contributed by atoms with Crippen molar-refractivity contribution in [1.82, 2.24) is 0 Å². The molecule has 0 aromatic rings. The van der Waals surface area contributed by atoms with Crippen molar-refractivity contribution in [1.29, 1.82) is 0 Å². The summed E-state index contributed by atoms with van der Waals surface area (Å²) >= 11 is 0. The largest absolute Gasteiger partial charge is 0.252 e. The standard InChI is InChI=1S/C36H62O4.C36H66O4.C36H72O4/c1-3-5-11-17-29-21-22-34-33(32(29)20-12-6-4-2)23-26-35(24-15-9-7-13-18-30(35)27-39-37)36(34)25-16-10-8-14-19-31(36)28-40-38;1-3-5-7-12-20-26-35-32(23-17-6-4-2)27-28-33(24-18-13-9-8-10-16-22-30-39-37)36(35)29-21-15-11-14-19-25-34(36)31-40-38;1-3-5-7-9-11-17-23-29-35(31-25-19-13-15-21-27-33-39-37)36(30-24-18-12-10-8-6-4-2)32-26-20-14-16-22-28-34-40-38/h21-23,26,29-34,37-38H,3-20,24-25,27-28H2,1-2H3;20,26-28,32-35,37-38H,3-19,21-25,29-31H2,1-2H3;29,36-38H,3-28,30-34H2,1-2H3/b;;35-29-. The van der Waals surface area contributed by atoms with E-state index in [1.165, 1.54) is 411 Å². The smallest absolute Gasteiger partial charge is 0.0856 e. The van der Waals surface area contributed by atoms with Crippen molar-refractivity contribution in [3.05, 3.63) is 60.3 Å². The van der Waals surface area contributed by atoms with E-state index in [-0.39, 0.29) is 16.2 Å². The van der Waals surface area contributed by atoms with Gasteiger partial charge in [-0.2, -0.15) is 0 Å². The van der Waals surface area contributed by atoms with E-state index in [1.807, 2.05) is 0 Å². The average molecular weight is 1690 g/mol. The van der Waals surface area contributed by atoms with E-state index in [0.717, 1.165) is 57.3 Å². The molecule has 6 aliphatic carbocycles. The minimum Gasteiger partial charge on any atom is -0.252 e. The van der Waals surface area contributed by atoms with Gasteiger partial charge >= 0.3 is 0 Å². The van der Waals surface area contributed by atoms with E-state index in [0.29, 0.717) is 98.8 Å². The molecule has 6 rings (SSSR count). The minimum atomic E-state index is -0.0365. The van der Waals surface area contributed by atoms with Gasteiger partial charge in [0.15, 0.2) is 0 Å². The van der Waals surface area contributed by atoms with Crippen LogP contribution in [0, 0.1) is 81.3 Å². The van der Waals surface area contributed by atoms with Gasteiger partial charge in [-0.25, -0.2) is 29.3 Å². The zero-order valence-electron chi connectivity index (χ0n) is 79.8. The molecule has 3 fully saturated rings. The third-order valence-corrected chi connectivity index (χ3v) is 31.1. The lowest BCUT2D eigenvalue weighted by molar-refractivity contribution is -0.282. The van der Waals surface area contributed by atoms with Crippen LogP contribution in [-0.2, 0) is 29.3 Å². The first kappa shape index (κ1) is 111. The van der Waals surface area contributed by atoms with Gasteiger partial charge < -0.3 is 0 Å². The van der Waals surface area contributed by atoms with Crippen molar-refractivity contribution < 1.29 is 60.9 Å². The Balaban J connectivity index is 0.000000378. The fourth-order valence-electron chi connectivity index (χ4n) is 24.4. The summed E-state index contributed by atoms with van der Waals surface area (Å²) < 4.78 is 0. The number of fused-ring (bicyclic) bond motifs is 3. The molecule has 120 heavy (non-hydrogen) atoms. The van der Waals surface area contributed by atoms with E-state index in [4.69, 9.17) is 30.4 Å². The Bertz CT molecular complexity index is 2430. The molecule has 0 heterocycles. The Hall–Kier alpha value is -1.78. The summed E-state index contributed by atoms with van der Waals surface area (Å²) in [6.07, 6.45) is 116. The van der Waals surface area contributed by atoms with Crippen molar-refractivity contribution >= 4 is 0 Å². The summed E-state index contributed by atoms with van der Waals surface area (Å²) in [6, 6.07) is 0. The number of allylic oxidation sites excluding steroid dienone is 10. The molecule has 704 valence electrons. The van der Waals surface area contributed by atoms with Crippen LogP contribution in [0.2, 0.25) is 0 Å². The van der Waals surface area contributed by atoms with Crippen molar-refractivity contribution in [3.8, 4) is 0 Å². The monoisotopic (exact) mass is 1690 g/mol. The van der Waals surface area contributed by atoms with Crippen LogP contribution in [0.1, 0.15) is 504 Å². The molecule has 12 nitrogen and oxygen atoms in total.